The molecule has 5 heteroatoms. The van der Waals surface area contributed by atoms with Crippen molar-refractivity contribution >= 4 is 33.4 Å². The molecule has 3 nitrogen and oxygen atoms in total. The highest BCUT2D eigenvalue weighted by Gasteiger charge is 2.20. The second-order valence-corrected chi connectivity index (χ2v) is 5.99. The second kappa shape index (κ2) is 6.04. The Hall–Kier alpha value is -0.580. The number of carbonyl (C=O) groups excluding carboxylic acids is 1. The van der Waals surface area contributed by atoms with Crippen molar-refractivity contribution in [2.75, 3.05) is 20.1 Å². The van der Waals surface area contributed by atoms with Crippen LogP contribution in [0.25, 0.3) is 0 Å². The molecule has 1 N–H and O–H groups in total. The predicted octanol–water partition coefficient (Wildman–Crippen LogP) is 2.93. The molecule has 1 atom stereocenters. The van der Waals surface area contributed by atoms with Gasteiger partial charge in [-0.1, -0.05) is 27.5 Å². The molecule has 0 aliphatic carbocycles. The first-order valence-corrected chi connectivity index (χ1v) is 7.18. The number of benzene rings is 1. The molecule has 1 saturated heterocycles. The molecule has 1 fully saturated rings. The van der Waals surface area contributed by atoms with Crippen LogP contribution in [-0.4, -0.2) is 37.0 Å². The average molecular weight is 332 g/mol. The highest BCUT2D eigenvalue weighted by molar-refractivity contribution is 9.10. The Bertz CT molecular complexity index is 426. The van der Waals surface area contributed by atoms with Gasteiger partial charge in [0.1, 0.15) is 0 Å². The van der Waals surface area contributed by atoms with Crippen molar-refractivity contribution < 1.29 is 4.79 Å². The Kier molecular flexibility index (Phi) is 4.65. The molecule has 0 radical (unpaired) electrons. The van der Waals surface area contributed by atoms with Gasteiger partial charge < -0.3 is 10.2 Å². The SMILES string of the molecule is CN(CC1CCCN1)C(=O)c1cc(Cl)cc(Br)c1. The van der Waals surface area contributed by atoms with E-state index in [1.54, 1.807) is 23.1 Å². The fourth-order valence-corrected chi connectivity index (χ4v) is 3.08. The average Bonchev–Trinajstić information content (AvgIpc) is 2.79. The lowest BCUT2D eigenvalue weighted by molar-refractivity contribution is 0.0784. The zero-order valence-electron chi connectivity index (χ0n) is 10.2. The third-order valence-electron chi connectivity index (χ3n) is 3.11. The number of rotatable bonds is 3. The van der Waals surface area contributed by atoms with Crippen molar-refractivity contribution in [2.24, 2.45) is 0 Å². The van der Waals surface area contributed by atoms with Crippen LogP contribution in [0.15, 0.2) is 22.7 Å². The van der Waals surface area contributed by atoms with Crippen LogP contribution in [0.1, 0.15) is 23.2 Å². The van der Waals surface area contributed by atoms with Gasteiger partial charge in [-0.3, -0.25) is 4.79 Å². The van der Waals surface area contributed by atoms with E-state index in [0.29, 0.717) is 16.6 Å². The topological polar surface area (TPSA) is 32.3 Å². The third-order valence-corrected chi connectivity index (χ3v) is 3.79. The molecule has 1 unspecified atom stereocenters. The van der Waals surface area contributed by atoms with E-state index >= 15 is 0 Å². The molecule has 1 aliphatic rings. The summed E-state index contributed by atoms with van der Waals surface area (Å²) < 4.78 is 0.825. The zero-order chi connectivity index (χ0) is 13.1. The maximum atomic E-state index is 12.3. The van der Waals surface area contributed by atoms with Gasteiger partial charge in [0.25, 0.3) is 5.91 Å². The number of nitrogens with one attached hydrogen (secondary N) is 1. The van der Waals surface area contributed by atoms with Crippen LogP contribution < -0.4 is 5.32 Å². The van der Waals surface area contributed by atoms with Gasteiger partial charge in [-0.2, -0.15) is 0 Å². The van der Waals surface area contributed by atoms with Crippen molar-refractivity contribution in [1.29, 1.82) is 0 Å². The van der Waals surface area contributed by atoms with Gasteiger partial charge >= 0.3 is 0 Å². The molecule has 0 saturated carbocycles. The number of halogens is 2. The lowest BCUT2D eigenvalue weighted by Crippen LogP contribution is -2.38. The highest BCUT2D eigenvalue weighted by Crippen LogP contribution is 2.20. The first-order chi connectivity index (χ1) is 8.56. The van der Waals surface area contributed by atoms with E-state index in [2.05, 4.69) is 21.2 Å². The molecule has 1 heterocycles. The van der Waals surface area contributed by atoms with Gasteiger partial charge in [0.05, 0.1) is 0 Å². The fraction of sp³-hybridized carbons (Fsp3) is 0.462. The summed E-state index contributed by atoms with van der Waals surface area (Å²) in [6, 6.07) is 5.69. The number of nitrogens with zero attached hydrogens (tertiary/aromatic N) is 1. The summed E-state index contributed by atoms with van der Waals surface area (Å²) in [6.07, 6.45) is 2.33. The first-order valence-electron chi connectivity index (χ1n) is 6.01. The summed E-state index contributed by atoms with van der Waals surface area (Å²) in [4.78, 5) is 14.0. The van der Waals surface area contributed by atoms with Crippen LogP contribution in [-0.2, 0) is 0 Å². The Morgan fingerprint density at radius 1 is 1.56 bits per heavy atom. The summed E-state index contributed by atoms with van der Waals surface area (Å²) in [7, 11) is 1.83. The molecule has 0 aromatic heterocycles. The number of likely N-dealkylation sites (N-methyl/N-ethyl adjacent to an activating group) is 1. The molecule has 0 spiro atoms. The van der Waals surface area contributed by atoms with Gasteiger partial charge in [-0.15, -0.1) is 0 Å². The van der Waals surface area contributed by atoms with Gasteiger partial charge in [-0.25, -0.2) is 0 Å². The van der Waals surface area contributed by atoms with Crippen LogP contribution in [0.5, 0.6) is 0 Å². The Labute approximate surface area is 121 Å². The van der Waals surface area contributed by atoms with E-state index in [4.69, 9.17) is 11.6 Å². The van der Waals surface area contributed by atoms with Crippen molar-refractivity contribution in [3.63, 3.8) is 0 Å². The van der Waals surface area contributed by atoms with E-state index in [-0.39, 0.29) is 5.91 Å². The monoisotopic (exact) mass is 330 g/mol. The molecule has 1 aromatic rings. The van der Waals surface area contributed by atoms with Crippen LogP contribution in [0.4, 0.5) is 0 Å². The first kappa shape index (κ1) is 13.8. The number of carbonyl (C=O) groups is 1. The van der Waals surface area contributed by atoms with Gasteiger partial charge in [0.2, 0.25) is 0 Å². The zero-order valence-corrected chi connectivity index (χ0v) is 12.6. The Balaban J connectivity index is 2.04. The summed E-state index contributed by atoms with van der Waals surface area (Å²) in [5.41, 5.74) is 0.620. The van der Waals surface area contributed by atoms with Crippen LogP contribution in [0, 0.1) is 0 Å². The smallest absolute Gasteiger partial charge is 0.253 e. The molecule has 18 heavy (non-hydrogen) atoms. The van der Waals surface area contributed by atoms with Crippen molar-refractivity contribution in [2.45, 2.75) is 18.9 Å². The van der Waals surface area contributed by atoms with E-state index in [1.807, 2.05) is 7.05 Å². The predicted molar refractivity (Wildman–Crippen MR) is 77.1 cm³/mol. The van der Waals surface area contributed by atoms with Crippen molar-refractivity contribution in [1.82, 2.24) is 10.2 Å². The van der Waals surface area contributed by atoms with Gasteiger partial charge in [-0.05, 0) is 37.6 Å². The molecule has 1 amide bonds. The van der Waals surface area contributed by atoms with Crippen molar-refractivity contribution in [3.05, 3.63) is 33.3 Å². The van der Waals surface area contributed by atoms with Gasteiger partial charge in [0.15, 0.2) is 0 Å². The molecule has 0 bridgehead atoms. The molecule has 98 valence electrons. The quantitative estimate of drug-likeness (QED) is 0.923. The lowest BCUT2D eigenvalue weighted by atomic mass is 10.1. The van der Waals surface area contributed by atoms with Crippen LogP contribution in [0.3, 0.4) is 0 Å². The second-order valence-electron chi connectivity index (χ2n) is 4.64. The van der Waals surface area contributed by atoms with Gasteiger partial charge in [0, 0.05) is 34.7 Å². The molecule has 2 rings (SSSR count). The molecule has 1 aromatic carbocycles. The highest BCUT2D eigenvalue weighted by atomic mass is 79.9. The van der Waals surface area contributed by atoms with Crippen molar-refractivity contribution in [3.8, 4) is 0 Å². The van der Waals surface area contributed by atoms with Crippen LogP contribution in [0.2, 0.25) is 5.02 Å². The van der Waals surface area contributed by atoms with E-state index < -0.39 is 0 Å². The van der Waals surface area contributed by atoms with E-state index in [1.165, 1.54) is 6.42 Å². The maximum Gasteiger partial charge on any atom is 0.253 e. The number of hydrogen-bond acceptors (Lipinski definition) is 2. The minimum absolute atomic E-state index is 0.00639. The summed E-state index contributed by atoms with van der Waals surface area (Å²) in [5, 5.41) is 3.96. The largest absolute Gasteiger partial charge is 0.340 e. The summed E-state index contributed by atoms with van der Waals surface area (Å²) in [5.74, 6) is 0.00639. The van der Waals surface area contributed by atoms with Crippen LogP contribution >= 0.6 is 27.5 Å². The minimum atomic E-state index is 0.00639. The lowest BCUT2D eigenvalue weighted by Gasteiger charge is -2.21. The van der Waals surface area contributed by atoms with E-state index in [9.17, 15) is 4.79 Å². The Morgan fingerprint density at radius 3 is 2.94 bits per heavy atom. The fourth-order valence-electron chi connectivity index (χ4n) is 2.22. The molecular weight excluding hydrogens is 316 g/mol. The normalized spacial score (nSPS) is 18.9. The summed E-state index contributed by atoms with van der Waals surface area (Å²) in [6.45, 7) is 1.79. The molecule has 1 aliphatic heterocycles. The Morgan fingerprint density at radius 2 is 2.33 bits per heavy atom. The molecular formula is C13H16BrClN2O. The standard InChI is InChI=1S/C13H16BrClN2O/c1-17(8-12-3-2-4-16-12)13(18)9-5-10(14)7-11(15)6-9/h5-7,12,16H,2-4,8H2,1H3. The number of amides is 1. The third kappa shape index (κ3) is 3.46. The maximum absolute atomic E-state index is 12.3. The minimum Gasteiger partial charge on any atom is -0.340 e. The summed E-state index contributed by atoms with van der Waals surface area (Å²) >= 11 is 9.31. The number of hydrogen-bond donors (Lipinski definition) is 1. The van der Waals surface area contributed by atoms with E-state index in [0.717, 1.165) is 24.0 Å².